The molecule has 1 saturated carbocycles. The van der Waals surface area contributed by atoms with E-state index in [0.29, 0.717) is 12.8 Å². The van der Waals surface area contributed by atoms with Crippen LogP contribution in [0.15, 0.2) is 24.3 Å². The molecule has 1 aliphatic rings. The summed E-state index contributed by atoms with van der Waals surface area (Å²) >= 11 is 0. The molecule has 0 saturated heterocycles. The van der Waals surface area contributed by atoms with Gasteiger partial charge in [-0.25, -0.2) is 4.79 Å². The van der Waals surface area contributed by atoms with E-state index in [2.05, 4.69) is 5.32 Å². The van der Waals surface area contributed by atoms with Gasteiger partial charge in [0.1, 0.15) is 0 Å². The summed E-state index contributed by atoms with van der Waals surface area (Å²) in [5, 5.41) is 11.9. The highest BCUT2D eigenvalue weighted by Gasteiger charge is 2.31. The Kier molecular flexibility index (Phi) is 4.27. The number of carbonyl (C=O) groups excluding carboxylic acids is 1. The predicted octanol–water partition coefficient (Wildman–Crippen LogP) is 2.39. The lowest BCUT2D eigenvalue weighted by Crippen LogP contribution is -2.42. The minimum absolute atomic E-state index is 0.0462. The lowest BCUT2D eigenvalue weighted by Gasteiger charge is -2.22. The normalized spacial score (nSPS) is 21.5. The molecule has 0 unspecified atom stereocenters. The average Bonchev–Trinajstić information content (AvgIpc) is 2.87. The topological polar surface area (TPSA) is 69.6 Å². The molecule has 2 atom stereocenters. The zero-order chi connectivity index (χ0) is 14.7. The first-order chi connectivity index (χ1) is 9.49. The number of nitrogens with zero attached hydrogens (tertiary/aromatic N) is 1. The average molecular weight is 276 g/mol. The van der Waals surface area contributed by atoms with Crippen molar-refractivity contribution in [2.75, 3.05) is 11.9 Å². The molecule has 2 amide bonds. The number of amides is 2. The summed E-state index contributed by atoms with van der Waals surface area (Å²) in [6, 6.07) is 7.44. The largest absolute Gasteiger partial charge is 0.481 e. The molecular formula is C15H20N2O3. The van der Waals surface area contributed by atoms with E-state index in [4.69, 9.17) is 5.11 Å². The molecule has 20 heavy (non-hydrogen) atoms. The molecule has 0 radical (unpaired) electrons. The quantitative estimate of drug-likeness (QED) is 0.890. The van der Waals surface area contributed by atoms with Crippen molar-refractivity contribution in [1.29, 1.82) is 0 Å². The third kappa shape index (κ3) is 3.10. The van der Waals surface area contributed by atoms with E-state index >= 15 is 0 Å². The maximum atomic E-state index is 12.2. The van der Waals surface area contributed by atoms with Gasteiger partial charge >= 0.3 is 12.0 Å². The Hall–Kier alpha value is -2.04. The lowest BCUT2D eigenvalue weighted by molar-refractivity contribution is -0.141. The summed E-state index contributed by atoms with van der Waals surface area (Å²) in [5.74, 6) is -1.10. The number of carboxylic acid groups (broad SMARTS) is 1. The van der Waals surface area contributed by atoms with Crippen molar-refractivity contribution in [2.45, 2.75) is 32.2 Å². The van der Waals surface area contributed by atoms with Crippen LogP contribution in [0.5, 0.6) is 0 Å². The van der Waals surface area contributed by atoms with E-state index in [9.17, 15) is 9.59 Å². The SMILES string of the molecule is Cc1ccccc1N(C)C(=O)N[C@H]1CC[C@@H](C(=O)O)C1. The zero-order valence-corrected chi connectivity index (χ0v) is 11.8. The number of carboxylic acids is 1. The van der Waals surface area contributed by atoms with Crippen LogP contribution >= 0.6 is 0 Å². The number of benzene rings is 1. The van der Waals surface area contributed by atoms with Gasteiger partial charge in [-0.3, -0.25) is 9.69 Å². The van der Waals surface area contributed by atoms with Crippen LogP contribution in [0.25, 0.3) is 0 Å². The maximum absolute atomic E-state index is 12.2. The second-order valence-corrected chi connectivity index (χ2v) is 5.34. The van der Waals surface area contributed by atoms with Crippen LogP contribution in [-0.4, -0.2) is 30.2 Å². The fourth-order valence-corrected chi connectivity index (χ4v) is 2.66. The fourth-order valence-electron chi connectivity index (χ4n) is 2.66. The van der Waals surface area contributed by atoms with Crippen LogP contribution in [0.4, 0.5) is 10.5 Å². The molecule has 0 bridgehead atoms. The highest BCUT2D eigenvalue weighted by atomic mass is 16.4. The third-order valence-electron chi connectivity index (χ3n) is 3.89. The summed E-state index contributed by atoms with van der Waals surface area (Å²) in [7, 11) is 1.72. The van der Waals surface area contributed by atoms with Crippen molar-refractivity contribution in [2.24, 2.45) is 5.92 Å². The van der Waals surface area contributed by atoms with E-state index in [-0.39, 0.29) is 18.0 Å². The lowest BCUT2D eigenvalue weighted by atomic mass is 10.1. The number of hydrogen-bond acceptors (Lipinski definition) is 2. The Morgan fingerprint density at radius 1 is 1.30 bits per heavy atom. The number of hydrogen-bond donors (Lipinski definition) is 2. The molecule has 0 aromatic heterocycles. The molecular weight excluding hydrogens is 256 g/mol. The van der Waals surface area contributed by atoms with Gasteiger partial charge in [0, 0.05) is 18.8 Å². The van der Waals surface area contributed by atoms with Crippen LogP contribution in [0.2, 0.25) is 0 Å². The minimum atomic E-state index is -0.769. The molecule has 1 aliphatic carbocycles. The van der Waals surface area contributed by atoms with E-state index in [0.717, 1.165) is 17.7 Å². The molecule has 108 valence electrons. The molecule has 2 rings (SSSR count). The number of nitrogens with one attached hydrogen (secondary N) is 1. The smallest absolute Gasteiger partial charge is 0.321 e. The first kappa shape index (κ1) is 14.4. The van der Waals surface area contributed by atoms with Gasteiger partial charge in [0.2, 0.25) is 0 Å². The van der Waals surface area contributed by atoms with Gasteiger partial charge in [0.25, 0.3) is 0 Å². The predicted molar refractivity (Wildman–Crippen MR) is 76.9 cm³/mol. The Labute approximate surface area is 118 Å². The van der Waals surface area contributed by atoms with Gasteiger partial charge in [0.15, 0.2) is 0 Å². The highest BCUT2D eigenvalue weighted by Crippen LogP contribution is 2.26. The summed E-state index contributed by atoms with van der Waals surface area (Å²) in [5.41, 5.74) is 1.89. The van der Waals surface area contributed by atoms with Crippen LogP contribution in [-0.2, 0) is 4.79 Å². The second-order valence-electron chi connectivity index (χ2n) is 5.34. The van der Waals surface area contributed by atoms with Gasteiger partial charge < -0.3 is 10.4 Å². The summed E-state index contributed by atoms with van der Waals surface area (Å²) in [6.07, 6.45) is 1.88. The number of carbonyl (C=O) groups is 2. The standard InChI is InChI=1S/C15H20N2O3/c1-10-5-3-4-6-13(10)17(2)15(20)16-12-8-7-11(9-12)14(18)19/h3-6,11-12H,7-9H2,1-2H3,(H,16,20)(H,18,19)/t11-,12+/m1/s1. The van der Waals surface area contributed by atoms with Gasteiger partial charge in [-0.05, 0) is 37.8 Å². The molecule has 1 aromatic rings. The van der Waals surface area contributed by atoms with E-state index in [1.54, 1.807) is 11.9 Å². The van der Waals surface area contributed by atoms with Crippen molar-refractivity contribution < 1.29 is 14.7 Å². The minimum Gasteiger partial charge on any atom is -0.481 e. The van der Waals surface area contributed by atoms with Gasteiger partial charge in [-0.15, -0.1) is 0 Å². The van der Waals surface area contributed by atoms with Crippen LogP contribution in [0, 0.1) is 12.8 Å². The van der Waals surface area contributed by atoms with E-state index < -0.39 is 5.97 Å². The molecule has 1 aromatic carbocycles. The van der Waals surface area contributed by atoms with Crippen molar-refractivity contribution >= 4 is 17.7 Å². The van der Waals surface area contributed by atoms with Crippen LogP contribution < -0.4 is 10.2 Å². The molecule has 0 heterocycles. The number of rotatable bonds is 3. The maximum Gasteiger partial charge on any atom is 0.321 e. The molecule has 0 spiro atoms. The molecule has 5 heteroatoms. The number of para-hydroxylation sites is 1. The first-order valence-corrected chi connectivity index (χ1v) is 6.81. The van der Waals surface area contributed by atoms with Crippen LogP contribution in [0.1, 0.15) is 24.8 Å². The summed E-state index contributed by atoms with van der Waals surface area (Å²) in [4.78, 5) is 24.7. The van der Waals surface area contributed by atoms with Crippen molar-refractivity contribution in [3.63, 3.8) is 0 Å². The molecule has 2 N–H and O–H groups in total. The number of anilines is 1. The summed E-state index contributed by atoms with van der Waals surface area (Å²) in [6.45, 7) is 1.95. The summed E-state index contributed by atoms with van der Waals surface area (Å²) < 4.78 is 0. The molecule has 0 aliphatic heterocycles. The van der Waals surface area contributed by atoms with E-state index in [1.165, 1.54) is 0 Å². The van der Waals surface area contributed by atoms with Gasteiger partial charge in [-0.1, -0.05) is 18.2 Å². The van der Waals surface area contributed by atoms with Crippen molar-refractivity contribution in [3.8, 4) is 0 Å². The number of aliphatic carboxylic acids is 1. The van der Waals surface area contributed by atoms with Gasteiger partial charge in [-0.2, -0.15) is 0 Å². The number of aryl methyl sites for hydroxylation is 1. The fraction of sp³-hybridized carbons (Fsp3) is 0.467. The van der Waals surface area contributed by atoms with Gasteiger partial charge in [0.05, 0.1) is 5.92 Å². The molecule has 1 fully saturated rings. The van der Waals surface area contributed by atoms with Crippen molar-refractivity contribution in [3.05, 3.63) is 29.8 Å². The van der Waals surface area contributed by atoms with Crippen molar-refractivity contribution in [1.82, 2.24) is 5.32 Å². The third-order valence-corrected chi connectivity index (χ3v) is 3.89. The Morgan fingerprint density at radius 3 is 2.60 bits per heavy atom. The van der Waals surface area contributed by atoms with Crippen LogP contribution in [0.3, 0.4) is 0 Å². The zero-order valence-electron chi connectivity index (χ0n) is 11.8. The highest BCUT2D eigenvalue weighted by molar-refractivity contribution is 5.92. The second kappa shape index (κ2) is 5.94. The Bertz CT molecular complexity index is 516. The number of urea groups is 1. The monoisotopic (exact) mass is 276 g/mol. The Morgan fingerprint density at radius 2 is 2.00 bits per heavy atom. The first-order valence-electron chi connectivity index (χ1n) is 6.81. The Balaban J connectivity index is 1.96. The molecule has 5 nitrogen and oxygen atoms in total. The van der Waals surface area contributed by atoms with E-state index in [1.807, 2.05) is 31.2 Å².